The van der Waals surface area contributed by atoms with Crippen LogP contribution in [0, 0.1) is 0 Å². The van der Waals surface area contributed by atoms with Crippen LogP contribution in [-0.2, 0) is 16.0 Å². The van der Waals surface area contributed by atoms with Crippen molar-refractivity contribution < 1.29 is 14.6 Å². The second-order valence-corrected chi connectivity index (χ2v) is 4.07. The highest BCUT2D eigenvalue weighted by atomic mass is 16.5. The lowest BCUT2D eigenvalue weighted by Crippen LogP contribution is -2.35. The maximum atomic E-state index is 11.4. The summed E-state index contributed by atoms with van der Waals surface area (Å²) >= 11 is 0. The van der Waals surface area contributed by atoms with Crippen molar-refractivity contribution in [2.24, 2.45) is 0 Å². The summed E-state index contributed by atoms with van der Waals surface area (Å²) in [5.74, 6) is -0.364. The highest BCUT2D eigenvalue weighted by Gasteiger charge is 2.13. The third-order valence-electron chi connectivity index (χ3n) is 2.64. The summed E-state index contributed by atoms with van der Waals surface area (Å²) in [6.07, 6.45) is 1.17. The van der Waals surface area contributed by atoms with Gasteiger partial charge in [-0.2, -0.15) is 0 Å². The number of aliphatic hydroxyl groups is 1. The summed E-state index contributed by atoms with van der Waals surface area (Å²) in [7, 11) is 0. The monoisotopic (exact) mass is 251 g/mol. The van der Waals surface area contributed by atoms with Crippen LogP contribution in [0.15, 0.2) is 30.3 Å². The smallest absolute Gasteiger partial charge is 0.250 e. The molecule has 0 unspecified atom stereocenters. The predicted molar refractivity (Wildman–Crippen MR) is 70.0 cm³/mol. The van der Waals surface area contributed by atoms with Gasteiger partial charge in [0.25, 0.3) is 5.91 Å². The van der Waals surface area contributed by atoms with Crippen LogP contribution in [-0.4, -0.2) is 30.5 Å². The zero-order valence-electron chi connectivity index (χ0n) is 10.8. The summed E-state index contributed by atoms with van der Waals surface area (Å²) in [6.45, 7) is 2.55. The predicted octanol–water partition coefficient (Wildman–Crippen LogP) is 1.48. The van der Waals surface area contributed by atoms with Crippen molar-refractivity contribution in [1.29, 1.82) is 0 Å². The first-order valence-electron chi connectivity index (χ1n) is 6.31. The minimum Gasteiger partial charge on any atom is -0.383 e. The molecule has 1 amide bonds. The Kier molecular flexibility index (Phi) is 7.06. The van der Waals surface area contributed by atoms with Gasteiger partial charge >= 0.3 is 0 Å². The Hall–Kier alpha value is -1.39. The topological polar surface area (TPSA) is 58.6 Å². The van der Waals surface area contributed by atoms with Crippen molar-refractivity contribution >= 4 is 5.91 Å². The molecule has 18 heavy (non-hydrogen) atoms. The van der Waals surface area contributed by atoms with E-state index in [0.29, 0.717) is 13.0 Å². The fourth-order valence-electron chi connectivity index (χ4n) is 1.62. The third-order valence-corrected chi connectivity index (χ3v) is 2.64. The molecule has 4 nitrogen and oxygen atoms in total. The molecular weight excluding hydrogens is 230 g/mol. The van der Waals surface area contributed by atoms with Gasteiger partial charge in [-0.05, 0) is 31.7 Å². The van der Waals surface area contributed by atoms with E-state index in [2.05, 4.69) is 5.32 Å². The van der Waals surface area contributed by atoms with Crippen LogP contribution in [0.3, 0.4) is 0 Å². The lowest BCUT2D eigenvalue weighted by atomic mass is 10.1. The number of amides is 1. The molecular formula is C14H21NO3. The van der Waals surface area contributed by atoms with Crippen molar-refractivity contribution in [2.75, 3.05) is 13.3 Å². The zero-order chi connectivity index (χ0) is 13.2. The molecule has 0 aliphatic carbocycles. The Balaban J connectivity index is 2.16. The zero-order valence-corrected chi connectivity index (χ0v) is 10.8. The molecule has 0 saturated heterocycles. The first-order chi connectivity index (χ1) is 8.74. The molecule has 0 saturated carbocycles. The normalized spacial score (nSPS) is 12.1. The van der Waals surface area contributed by atoms with E-state index in [0.717, 1.165) is 12.8 Å². The maximum Gasteiger partial charge on any atom is 0.250 e. The number of carbonyl (C=O) groups excluding carboxylic acids is 1. The summed E-state index contributed by atoms with van der Waals surface area (Å²) in [6, 6.07) is 10.0. The van der Waals surface area contributed by atoms with E-state index >= 15 is 0 Å². The average molecular weight is 251 g/mol. The summed E-state index contributed by atoms with van der Waals surface area (Å²) in [5, 5.41) is 12.1. The molecule has 0 heterocycles. The molecule has 100 valence electrons. The Morgan fingerprint density at radius 1 is 1.39 bits per heavy atom. The van der Waals surface area contributed by atoms with Crippen molar-refractivity contribution in [3.63, 3.8) is 0 Å². The van der Waals surface area contributed by atoms with Gasteiger partial charge in [-0.1, -0.05) is 30.3 Å². The average Bonchev–Trinajstić information content (AvgIpc) is 2.40. The Labute approximate surface area is 108 Å². The van der Waals surface area contributed by atoms with Crippen LogP contribution in [0.4, 0.5) is 0 Å². The van der Waals surface area contributed by atoms with Crippen molar-refractivity contribution in [3.8, 4) is 0 Å². The van der Waals surface area contributed by atoms with Gasteiger partial charge in [0.1, 0.15) is 12.8 Å². The van der Waals surface area contributed by atoms with Crippen LogP contribution >= 0.6 is 0 Å². The minimum atomic E-state index is -0.950. The lowest BCUT2D eigenvalue weighted by molar-refractivity contribution is -0.131. The largest absolute Gasteiger partial charge is 0.383 e. The van der Waals surface area contributed by atoms with E-state index in [1.165, 1.54) is 5.56 Å². The van der Waals surface area contributed by atoms with E-state index in [1.54, 1.807) is 0 Å². The molecule has 1 aromatic carbocycles. The van der Waals surface area contributed by atoms with Crippen LogP contribution < -0.4 is 5.32 Å². The molecule has 0 bridgehead atoms. The van der Waals surface area contributed by atoms with Gasteiger partial charge < -0.3 is 15.2 Å². The van der Waals surface area contributed by atoms with Crippen LogP contribution in [0.2, 0.25) is 0 Å². The number of rotatable bonds is 8. The molecule has 0 aromatic heterocycles. The Morgan fingerprint density at radius 2 is 2.11 bits per heavy atom. The van der Waals surface area contributed by atoms with Crippen LogP contribution in [0.1, 0.15) is 25.3 Å². The third kappa shape index (κ3) is 5.80. The molecule has 0 radical (unpaired) electrons. The van der Waals surface area contributed by atoms with Crippen molar-refractivity contribution in [2.45, 2.75) is 32.3 Å². The SMILES string of the molecule is CCOCNC(=O)[C@@H](O)CCCc1ccccc1. The standard InChI is InChI=1S/C14H21NO3/c1-2-18-11-15-14(17)13(16)10-6-9-12-7-4-3-5-8-12/h3-5,7-8,13,16H,2,6,9-11H2,1H3,(H,15,17)/t13-/m0/s1. The molecule has 0 aliphatic rings. The fourth-order valence-corrected chi connectivity index (χ4v) is 1.62. The van der Waals surface area contributed by atoms with Crippen LogP contribution in [0.25, 0.3) is 0 Å². The quantitative estimate of drug-likeness (QED) is 0.543. The first kappa shape index (κ1) is 14.7. The maximum absolute atomic E-state index is 11.4. The van der Waals surface area contributed by atoms with Gasteiger partial charge in [0.15, 0.2) is 0 Å². The number of benzene rings is 1. The second kappa shape index (κ2) is 8.66. The fraction of sp³-hybridized carbons (Fsp3) is 0.500. The van der Waals surface area contributed by atoms with Gasteiger partial charge in [0.2, 0.25) is 0 Å². The number of nitrogens with one attached hydrogen (secondary N) is 1. The van der Waals surface area contributed by atoms with E-state index in [9.17, 15) is 9.90 Å². The number of aryl methyl sites for hydroxylation is 1. The number of ether oxygens (including phenoxy) is 1. The second-order valence-electron chi connectivity index (χ2n) is 4.07. The lowest BCUT2D eigenvalue weighted by Gasteiger charge is -2.11. The molecule has 0 spiro atoms. The van der Waals surface area contributed by atoms with Gasteiger partial charge in [-0.25, -0.2) is 0 Å². The summed E-state index contributed by atoms with van der Waals surface area (Å²) < 4.78 is 4.99. The summed E-state index contributed by atoms with van der Waals surface area (Å²) in [4.78, 5) is 11.4. The number of hydrogen-bond donors (Lipinski definition) is 2. The molecule has 1 rings (SSSR count). The molecule has 1 aromatic rings. The van der Waals surface area contributed by atoms with Gasteiger partial charge in [0, 0.05) is 6.61 Å². The molecule has 0 aliphatic heterocycles. The Bertz CT molecular complexity index is 340. The first-order valence-corrected chi connectivity index (χ1v) is 6.31. The van der Waals surface area contributed by atoms with Gasteiger partial charge in [-0.3, -0.25) is 4.79 Å². The highest BCUT2D eigenvalue weighted by molar-refractivity contribution is 5.80. The van der Waals surface area contributed by atoms with E-state index in [-0.39, 0.29) is 12.6 Å². The molecule has 2 N–H and O–H groups in total. The van der Waals surface area contributed by atoms with Crippen LogP contribution in [0.5, 0.6) is 0 Å². The molecule has 1 atom stereocenters. The van der Waals surface area contributed by atoms with E-state index < -0.39 is 6.10 Å². The highest BCUT2D eigenvalue weighted by Crippen LogP contribution is 2.06. The summed E-state index contributed by atoms with van der Waals surface area (Å²) in [5.41, 5.74) is 1.22. The molecule has 0 fully saturated rings. The van der Waals surface area contributed by atoms with E-state index in [1.807, 2.05) is 37.3 Å². The number of aliphatic hydroxyl groups excluding tert-OH is 1. The van der Waals surface area contributed by atoms with Crippen molar-refractivity contribution in [1.82, 2.24) is 5.32 Å². The van der Waals surface area contributed by atoms with Gasteiger partial charge in [0.05, 0.1) is 0 Å². The Morgan fingerprint density at radius 3 is 2.78 bits per heavy atom. The van der Waals surface area contributed by atoms with Gasteiger partial charge in [-0.15, -0.1) is 0 Å². The van der Waals surface area contributed by atoms with Crippen molar-refractivity contribution in [3.05, 3.63) is 35.9 Å². The molecule has 4 heteroatoms. The number of carbonyl (C=O) groups is 1. The minimum absolute atomic E-state index is 0.158. The number of hydrogen-bond acceptors (Lipinski definition) is 3. The van der Waals surface area contributed by atoms with E-state index in [4.69, 9.17) is 4.74 Å².